The number of primary amides is 1. The van der Waals surface area contributed by atoms with Gasteiger partial charge in [0.2, 0.25) is 5.91 Å². The van der Waals surface area contributed by atoms with Crippen LogP contribution in [0.25, 0.3) is 0 Å². The van der Waals surface area contributed by atoms with E-state index in [0.717, 1.165) is 16.9 Å². The zero-order chi connectivity index (χ0) is 19.3. The number of hydrogen-bond donors (Lipinski definition) is 2. The van der Waals surface area contributed by atoms with Crippen LogP contribution in [0, 0.1) is 13.8 Å². The van der Waals surface area contributed by atoms with Gasteiger partial charge in [0.25, 0.3) is 5.91 Å². The molecule has 1 aromatic heterocycles. The number of ether oxygens (including phenoxy) is 1. The molecule has 0 saturated heterocycles. The molecule has 0 fully saturated rings. The molecule has 2 rings (SSSR count). The van der Waals surface area contributed by atoms with Crippen molar-refractivity contribution in [1.82, 2.24) is 4.90 Å². The third-order valence-corrected chi connectivity index (χ3v) is 4.95. The second-order valence-corrected chi connectivity index (χ2v) is 7.26. The van der Waals surface area contributed by atoms with Crippen molar-refractivity contribution in [3.63, 3.8) is 0 Å². The molecule has 7 heteroatoms. The van der Waals surface area contributed by atoms with Crippen LogP contribution in [0.2, 0.25) is 0 Å². The highest BCUT2D eigenvalue weighted by atomic mass is 32.1. The molecule has 0 aliphatic heterocycles. The molecule has 2 aromatic rings. The lowest BCUT2D eigenvalue weighted by atomic mass is 10.1. The molecule has 26 heavy (non-hydrogen) atoms. The van der Waals surface area contributed by atoms with Gasteiger partial charge in [-0.15, -0.1) is 11.3 Å². The van der Waals surface area contributed by atoms with Crippen molar-refractivity contribution in [3.05, 3.63) is 46.3 Å². The quantitative estimate of drug-likeness (QED) is 0.743. The Bertz CT molecular complexity index is 768. The van der Waals surface area contributed by atoms with Crippen molar-refractivity contribution < 1.29 is 14.3 Å². The summed E-state index contributed by atoms with van der Waals surface area (Å²) < 4.78 is 5.79. The maximum Gasteiger partial charge on any atom is 0.251 e. The van der Waals surface area contributed by atoms with Gasteiger partial charge < -0.3 is 15.8 Å². The molecule has 0 unspecified atom stereocenters. The standard InChI is InChI=1S/C19H25N3O3S/c1-12-9-13(2)11-15(10-12)25-7-6-22(4)14(3)18(24)21-19-16(17(20)23)5-8-26-19/h5,8-11,14H,6-7H2,1-4H3,(H2,20,23)(H,21,24)/t14-/m0/s1. The van der Waals surface area contributed by atoms with Crippen LogP contribution in [-0.2, 0) is 4.79 Å². The molecule has 0 bridgehead atoms. The summed E-state index contributed by atoms with van der Waals surface area (Å²) in [6.45, 7) is 6.94. The molecule has 2 amide bonds. The molecule has 0 aliphatic rings. The first-order chi connectivity index (χ1) is 12.3. The predicted molar refractivity (Wildman–Crippen MR) is 105 cm³/mol. The summed E-state index contributed by atoms with van der Waals surface area (Å²) in [5.74, 6) is 0.0888. The summed E-state index contributed by atoms with van der Waals surface area (Å²) in [7, 11) is 1.86. The van der Waals surface area contributed by atoms with E-state index >= 15 is 0 Å². The van der Waals surface area contributed by atoms with Crippen LogP contribution >= 0.6 is 11.3 Å². The molecule has 0 radical (unpaired) electrons. The van der Waals surface area contributed by atoms with E-state index in [1.54, 1.807) is 11.4 Å². The van der Waals surface area contributed by atoms with E-state index in [4.69, 9.17) is 10.5 Å². The highest BCUT2D eigenvalue weighted by molar-refractivity contribution is 7.14. The number of nitrogens with zero attached hydrogens (tertiary/aromatic N) is 1. The van der Waals surface area contributed by atoms with Crippen molar-refractivity contribution in [2.45, 2.75) is 26.8 Å². The van der Waals surface area contributed by atoms with Gasteiger partial charge in [0.05, 0.1) is 11.6 Å². The van der Waals surface area contributed by atoms with Crippen LogP contribution in [0.5, 0.6) is 5.75 Å². The fraction of sp³-hybridized carbons (Fsp3) is 0.368. The number of nitrogens with one attached hydrogen (secondary N) is 1. The van der Waals surface area contributed by atoms with Gasteiger partial charge in [-0.1, -0.05) is 6.07 Å². The molecular formula is C19H25N3O3S. The number of anilines is 1. The second-order valence-electron chi connectivity index (χ2n) is 6.35. The lowest BCUT2D eigenvalue weighted by Gasteiger charge is -2.23. The fourth-order valence-electron chi connectivity index (χ4n) is 2.53. The van der Waals surface area contributed by atoms with Crippen molar-refractivity contribution in [1.29, 1.82) is 0 Å². The summed E-state index contributed by atoms with van der Waals surface area (Å²) >= 11 is 1.28. The summed E-state index contributed by atoms with van der Waals surface area (Å²) in [5, 5.41) is 4.98. The summed E-state index contributed by atoms with van der Waals surface area (Å²) in [6, 6.07) is 7.31. The zero-order valence-corrected chi connectivity index (χ0v) is 16.4. The predicted octanol–water partition coefficient (Wildman–Crippen LogP) is 2.80. The van der Waals surface area contributed by atoms with Crippen molar-refractivity contribution >= 4 is 28.2 Å². The first kappa shape index (κ1) is 19.9. The highest BCUT2D eigenvalue weighted by Gasteiger charge is 2.20. The van der Waals surface area contributed by atoms with Gasteiger partial charge in [0, 0.05) is 6.54 Å². The fourth-order valence-corrected chi connectivity index (χ4v) is 3.33. The smallest absolute Gasteiger partial charge is 0.251 e. The number of benzene rings is 1. The Hall–Kier alpha value is -2.38. The maximum absolute atomic E-state index is 12.4. The topological polar surface area (TPSA) is 84.7 Å². The molecule has 0 saturated carbocycles. The Morgan fingerprint density at radius 3 is 2.54 bits per heavy atom. The minimum atomic E-state index is -0.551. The van der Waals surface area contributed by atoms with Crippen LogP contribution in [0.4, 0.5) is 5.00 Å². The number of nitrogens with two attached hydrogens (primary N) is 1. The third kappa shape index (κ3) is 5.31. The Labute approximate surface area is 157 Å². The van der Waals surface area contributed by atoms with E-state index in [1.807, 2.05) is 44.9 Å². The molecule has 6 nitrogen and oxygen atoms in total. The number of hydrogen-bond acceptors (Lipinski definition) is 5. The number of amides is 2. The van der Waals surface area contributed by atoms with E-state index in [1.165, 1.54) is 11.3 Å². The number of likely N-dealkylation sites (N-methyl/N-ethyl adjacent to an activating group) is 1. The molecule has 0 aliphatic carbocycles. The SMILES string of the molecule is Cc1cc(C)cc(OCCN(C)[C@@H](C)C(=O)Nc2sccc2C(N)=O)c1. The van der Waals surface area contributed by atoms with E-state index in [9.17, 15) is 9.59 Å². The normalized spacial score (nSPS) is 12.0. The van der Waals surface area contributed by atoms with E-state index in [-0.39, 0.29) is 11.9 Å². The molecule has 1 heterocycles. The van der Waals surface area contributed by atoms with Gasteiger partial charge in [-0.2, -0.15) is 0 Å². The van der Waals surface area contributed by atoms with Gasteiger partial charge in [-0.25, -0.2) is 0 Å². The average molecular weight is 375 g/mol. The lowest BCUT2D eigenvalue weighted by molar-refractivity contribution is -0.120. The summed E-state index contributed by atoms with van der Waals surface area (Å²) in [4.78, 5) is 25.7. The van der Waals surface area contributed by atoms with E-state index < -0.39 is 5.91 Å². The van der Waals surface area contributed by atoms with Crippen LogP contribution < -0.4 is 15.8 Å². The van der Waals surface area contributed by atoms with Crippen molar-refractivity contribution in [3.8, 4) is 5.75 Å². The molecule has 1 atom stereocenters. The van der Waals surface area contributed by atoms with Gasteiger partial charge in [-0.3, -0.25) is 14.5 Å². The van der Waals surface area contributed by atoms with Crippen LogP contribution in [0.15, 0.2) is 29.6 Å². The molecular weight excluding hydrogens is 350 g/mol. The maximum atomic E-state index is 12.4. The summed E-state index contributed by atoms with van der Waals surface area (Å²) in [5.41, 5.74) is 7.94. The number of carbonyl (C=O) groups is 2. The largest absolute Gasteiger partial charge is 0.492 e. The molecule has 0 spiro atoms. The summed E-state index contributed by atoms with van der Waals surface area (Å²) in [6.07, 6.45) is 0. The lowest BCUT2D eigenvalue weighted by Crippen LogP contribution is -2.41. The Balaban J connectivity index is 1.86. The molecule has 1 aromatic carbocycles. The van der Waals surface area contributed by atoms with E-state index in [2.05, 4.69) is 11.4 Å². The minimum Gasteiger partial charge on any atom is -0.492 e. The third-order valence-electron chi connectivity index (χ3n) is 4.12. The second kappa shape index (κ2) is 8.82. The Morgan fingerprint density at radius 2 is 1.92 bits per heavy atom. The first-order valence-corrected chi connectivity index (χ1v) is 9.25. The number of carbonyl (C=O) groups excluding carboxylic acids is 2. The number of thiophene rings is 1. The molecule has 3 N–H and O–H groups in total. The Kier molecular flexibility index (Phi) is 6.76. The van der Waals surface area contributed by atoms with Crippen LogP contribution in [0.1, 0.15) is 28.4 Å². The van der Waals surface area contributed by atoms with Crippen LogP contribution in [-0.4, -0.2) is 43.0 Å². The highest BCUT2D eigenvalue weighted by Crippen LogP contribution is 2.23. The first-order valence-electron chi connectivity index (χ1n) is 8.37. The molecule has 140 valence electrons. The van der Waals surface area contributed by atoms with Gasteiger partial charge in [0.1, 0.15) is 17.4 Å². The van der Waals surface area contributed by atoms with Crippen LogP contribution in [0.3, 0.4) is 0 Å². The zero-order valence-electron chi connectivity index (χ0n) is 15.5. The number of rotatable bonds is 8. The van der Waals surface area contributed by atoms with Gasteiger partial charge in [-0.05, 0) is 62.5 Å². The Morgan fingerprint density at radius 1 is 1.27 bits per heavy atom. The monoisotopic (exact) mass is 375 g/mol. The van der Waals surface area contributed by atoms with Gasteiger partial charge in [0.15, 0.2) is 0 Å². The minimum absolute atomic E-state index is 0.191. The average Bonchev–Trinajstić information content (AvgIpc) is 3.01. The van der Waals surface area contributed by atoms with Crippen molar-refractivity contribution in [2.24, 2.45) is 5.73 Å². The number of aryl methyl sites for hydroxylation is 2. The van der Waals surface area contributed by atoms with Gasteiger partial charge >= 0.3 is 0 Å². The van der Waals surface area contributed by atoms with E-state index in [0.29, 0.717) is 23.7 Å². The van der Waals surface area contributed by atoms with Crippen molar-refractivity contribution in [2.75, 3.05) is 25.5 Å².